The van der Waals surface area contributed by atoms with E-state index in [-0.39, 0.29) is 17.1 Å². The molecule has 0 aliphatic heterocycles. The molecule has 3 N–H and O–H groups in total. The summed E-state index contributed by atoms with van der Waals surface area (Å²) in [5.41, 5.74) is 10.0. The quantitative estimate of drug-likeness (QED) is 0.450. The van der Waals surface area contributed by atoms with Crippen molar-refractivity contribution in [2.75, 3.05) is 5.73 Å². The van der Waals surface area contributed by atoms with Crippen LogP contribution in [0.1, 0.15) is 19.4 Å². The summed E-state index contributed by atoms with van der Waals surface area (Å²) in [5, 5.41) is 6.79. The maximum Gasteiger partial charge on any atom is 0.293 e. The Morgan fingerprint density at radius 3 is 2.31 bits per heavy atom. The molecule has 1 aromatic carbocycles. The van der Waals surface area contributed by atoms with Crippen molar-refractivity contribution in [3.63, 3.8) is 0 Å². The molecule has 0 bridgehead atoms. The van der Waals surface area contributed by atoms with Gasteiger partial charge in [-0.3, -0.25) is 9.36 Å². The van der Waals surface area contributed by atoms with Crippen LogP contribution in [0.5, 0.6) is 0 Å². The average molecular weight is 429 g/mol. The fourth-order valence-electron chi connectivity index (χ4n) is 3.30. The minimum Gasteiger partial charge on any atom is -0.382 e. The number of H-pyrrole nitrogens is 1. The Morgan fingerprint density at radius 1 is 0.938 bits per heavy atom. The van der Waals surface area contributed by atoms with Crippen molar-refractivity contribution in [1.29, 1.82) is 0 Å². The molecule has 0 amide bonds. The number of aromatic nitrogens is 8. The van der Waals surface area contributed by atoms with Crippen LogP contribution >= 0.6 is 0 Å². The Labute approximate surface area is 183 Å². The van der Waals surface area contributed by atoms with E-state index < -0.39 is 0 Å². The number of hydrogen-bond acceptors (Lipinski definition) is 7. The number of nitrogens with one attached hydrogen (secondary N) is 1. The first-order valence-corrected chi connectivity index (χ1v) is 10.2. The molecule has 0 radical (unpaired) electrons. The second-order valence-electron chi connectivity index (χ2n) is 6.85. The van der Waals surface area contributed by atoms with Crippen molar-refractivity contribution in [2.24, 2.45) is 7.05 Å². The van der Waals surface area contributed by atoms with E-state index in [4.69, 9.17) is 15.7 Å². The first-order valence-electron chi connectivity index (χ1n) is 10.2. The summed E-state index contributed by atoms with van der Waals surface area (Å²) in [6.07, 6.45) is 3.10. The second kappa shape index (κ2) is 8.42. The van der Waals surface area contributed by atoms with Gasteiger partial charge in [0.25, 0.3) is 5.56 Å². The van der Waals surface area contributed by atoms with Gasteiger partial charge in [-0.15, -0.1) is 5.10 Å². The highest BCUT2D eigenvalue weighted by Crippen LogP contribution is 2.29. The molecule has 0 fully saturated rings. The normalized spacial score (nSPS) is 10.8. The van der Waals surface area contributed by atoms with Gasteiger partial charge in [-0.1, -0.05) is 31.5 Å². The fraction of sp³-hybridized carbons (Fsp3) is 0.182. The highest BCUT2D eigenvalue weighted by Gasteiger charge is 2.20. The lowest BCUT2D eigenvalue weighted by atomic mass is 10.2. The van der Waals surface area contributed by atoms with E-state index in [1.807, 2.05) is 49.6 Å². The van der Waals surface area contributed by atoms with Crippen molar-refractivity contribution >= 4 is 17.0 Å². The Bertz CT molecular complexity index is 1440. The Kier molecular flexibility index (Phi) is 5.50. The smallest absolute Gasteiger partial charge is 0.293 e. The summed E-state index contributed by atoms with van der Waals surface area (Å²) in [4.78, 5) is 31.5. The van der Waals surface area contributed by atoms with Gasteiger partial charge in [-0.05, 0) is 31.2 Å². The zero-order valence-corrected chi connectivity index (χ0v) is 18.2. The van der Waals surface area contributed by atoms with Gasteiger partial charge in [0.1, 0.15) is 11.2 Å². The number of imidazole rings is 1. The number of rotatable bonds is 3. The summed E-state index contributed by atoms with van der Waals surface area (Å²) in [7, 11) is 1.65. The van der Waals surface area contributed by atoms with E-state index in [1.165, 1.54) is 11.0 Å². The van der Waals surface area contributed by atoms with Gasteiger partial charge < -0.3 is 5.73 Å². The minimum atomic E-state index is -0.316. The Morgan fingerprint density at radius 2 is 1.66 bits per heavy atom. The summed E-state index contributed by atoms with van der Waals surface area (Å²) in [6.45, 7) is 6.01. The number of aryl methyl sites for hydroxylation is 2. The first kappa shape index (κ1) is 20.9. The van der Waals surface area contributed by atoms with Gasteiger partial charge in [0.15, 0.2) is 23.0 Å². The molecule has 4 aromatic heterocycles. The van der Waals surface area contributed by atoms with Crippen LogP contribution in [0, 0.1) is 6.92 Å². The van der Waals surface area contributed by atoms with Crippen LogP contribution < -0.4 is 11.3 Å². The number of pyridine rings is 1. The van der Waals surface area contributed by atoms with Gasteiger partial charge in [-0.25, -0.2) is 29.8 Å². The first-order chi connectivity index (χ1) is 15.5. The second-order valence-corrected chi connectivity index (χ2v) is 6.85. The van der Waals surface area contributed by atoms with Gasteiger partial charge in [0.05, 0.1) is 5.69 Å². The number of nitrogen functional groups attached to an aromatic ring is 1. The maximum absolute atomic E-state index is 12.2. The van der Waals surface area contributed by atoms with Crippen molar-refractivity contribution in [1.82, 2.24) is 39.5 Å². The molecule has 0 spiro atoms. The third-order valence-electron chi connectivity index (χ3n) is 4.71. The van der Waals surface area contributed by atoms with Crippen molar-refractivity contribution in [2.45, 2.75) is 20.8 Å². The third kappa shape index (κ3) is 3.62. The van der Waals surface area contributed by atoms with Gasteiger partial charge in [-0.2, -0.15) is 0 Å². The predicted octanol–water partition coefficient (Wildman–Crippen LogP) is 2.88. The summed E-state index contributed by atoms with van der Waals surface area (Å²) in [5.74, 6) is 0.779. The van der Waals surface area contributed by atoms with Crippen molar-refractivity contribution in [3.05, 3.63) is 64.7 Å². The average Bonchev–Trinajstić information content (AvgIpc) is 3.34. The van der Waals surface area contributed by atoms with Crippen molar-refractivity contribution in [3.8, 4) is 28.6 Å². The summed E-state index contributed by atoms with van der Waals surface area (Å²) < 4.78 is 1.86. The summed E-state index contributed by atoms with van der Waals surface area (Å²) >= 11 is 0. The number of nitrogens with zero attached hydrogens (tertiary/aromatic N) is 7. The SMILES string of the molecule is CC.Cc1ccc(-n2c(-c3nccnc3N)nc3ccc(-c4nn(C)[nH]c4=O)nc32)cc1. The molecule has 32 heavy (non-hydrogen) atoms. The molecule has 0 unspecified atom stereocenters. The van der Waals surface area contributed by atoms with Crippen LogP contribution in [-0.2, 0) is 7.05 Å². The molecular formula is C22H23N9O. The minimum absolute atomic E-state index is 0.233. The zero-order chi connectivity index (χ0) is 22.8. The van der Waals surface area contributed by atoms with E-state index in [0.29, 0.717) is 28.4 Å². The van der Waals surface area contributed by atoms with Gasteiger partial charge >= 0.3 is 0 Å². The number of fused-ring (bicyclic) bond motifs is 1. The third-order valence-corrected chi connectivity index (χ3v) is 4.71. The zero-order valence-electron chi connectivity index (χ0n) is 18.2. The standard InChI is InChI=1S/C20H17N9O.C2H6/c1-11-3-5-12(6-4-11)29-18-14(25-19(29)16-17(21)23-10-9-22-16)8-7-13(24-18)15-20(30)27-28(2)26-15;1-2/h3-10H,1-2H3,(H2,21,23)(H,27,30);1-2H3. The van der Waals surface area contributed by atoms with Gasteiger partial charge in [0, 0.05) is 25.1 Å². The number of benzene rings is 1. The number of aromatic amines is 1. The van der Waals surface area contributed by atoms with Crippen LogP contribution in [0.15, 0.2) is 53.6 Å². The van der Waals surface area contributed by atoms with Crippen LogP contribution in [0.3, 0.4) is 0 Å². The highest BCUT2D eigenvalue weighted by atomic mass is 16.1. The molecule has 0 aliphatic carbocycles. The number of hydrogen-bond donors (Lipinski definition) is 2. The molecular weight excluding hydrogens is 406 g/mol. The number of anilines is 1. The van der Waals surface area contributed by atoms with E-state index in [0.717, 1.165) is 11.3 Å². The summed E-state index contributed by atoms with van der Waals surface area (Å²) in [6, 6.07) is 11.4. The fourth-order valence-corrected chi connectivity index (χ4v) is 3.30. The van der Waals surface area contributed by atoms with Crippen LogP contribution in [0.4, 0.5) is 5.82 Å². The van der Waals surface area contributed by atoms with Crippen molar-refractivity contribution < 1.29 is 0 Å². The van der Waals surface area contributed by atoms with E-state index in [2.05, 4.69) is 20.2 Å². The predicted molar refractivity (Wildman–Crippen MR) is 123 cm³/mol. The van der Waals surface area contributed by atoms with Crippen LogP contribution in [0.2, 0.25) is 0 Å². The highest BCUT2D eigenvalue weighted by molar-refractivity contribution is 5.83. The molecule has 10 nitrogen and oxygen atoms in total. The topological polar surface area (TPSA) is 133 Å². The van der Waals surface area contributed by atoms with Crippen LogP contribution in [0.25, 0.3) is 39.8 Å². The molecule has 0 saturated heterocycles. The monoisotopic (exact) mass is 429 g/mol. The lowest BCUT2D eigenvalue weighted by Gasteiger charge is -2.10. The number of nitrogens with two attached hydrogens (primary N) is 1. The lowest BCUT2D eigenvalue weighted by molar-refractivity contribution is 0.650. The van der Waals surface area contributed by atoms with E-state index >= 15 is 0 Å². The largest absolute Gasteiger partial charge is 0.382 e. The maximum atomic E-state index is 12.2. The molecule has 0 saturated carbocycles. The Balaban J connectivity index is 0.00000119. The molecule has 162 valence electrons. The molecule has 5 rings (SSSR count). The molecule has 4 heterocycles. The molecule has 0 aliphatic rings. The van der Waals surface area contributed by atoms with Crippen LogP contribution in [-0.4, -0.2) is 39.5 Å². The lowest BCUT2D eigenvalue weighted by Crippen LogP contribution is -2.06. The molecule has 0 atom stereocenters. The van der Waals surface area contributed by atoms with E-state index in [9.17, 15) is 4.79 Å². The van der Waals surface area contributed by atoms with Gasteiger partial charge in [0.2, 0.25) is 0 Å². The van der Waals surface area contributed by atoms with E-state index in [1.54, 1.807) is 25.4 Å². The molecule has 10 heteroatoms. The molecule has 5 aromatic rings. The Hall–Kier alpha value is -4.34.